The minimum atomic E-state index is -0.362. The van der Waals surface area contributed by atoms with E-state index in [2.05, 4.69) is 15.5 Å². The van der Waals surface area contributed by atoms with E-state index in [1.807, 2.05) is 60.0 Å². The van der Waals surface area contributed by atoms with E-state index in [1.54, 1.807) is 21.3 Å². The van der Waals surface area contributed by atoms with Gasteiger partial charge in [-0.15, -0.1) is 10.2 Å². The van der Waals surface area contributed by atoms with E-state index >= 15 is 0 Å². The van der Waals surface area contributed by atoms with Gasteiger partial charge in [0.2, 0.25) is 5.91 Å². The van der Waals surface area contributed by atoms with Crippen molar-refractivity contribution in [3.05, 3.63) is 48.5 Å². The molecule has 1 unspecified atom stereocenters. The molecule has 3 aromatic rings. The summed E-state index contributed by atoms with van der Waals surface area (Å²) in [6.07, 6.45) is 0.785. The lowest BCUT2D eigenvalue weighted by Gasteiger charge is -2.14. The lowest BCUT2D eigenvalue weighted by molar-refractivity contribution is -0.115. The van der Waals surface area contributed by atoms with E-state index in [0.717, 1.165) is 17.7 Å². The standard InChI is InChI=1S/C23H28N4O4S/c1-16(22(28)24-18-9-6-5-7-10-18)32-23-26-25-21(27(23)13-8-14-29-2)17-11-12-19(30-3)20(15-17)31-4/h5-7,9-12,15-16H,8,13-14H2,1-4H3,(H,24,28). The smallest absolute Gasteiger partial charge is 0.237 e. The average molecular weight is 457 g/mol. The molecular formula is C23H28N4O4S. The number of nitrogens with zero attached hydrogens (tertiary/aromatic N) is 3. The third-order valence-electron chi connectivity index (χ3n) is 4.78. The fraction of sp³-hybridized carbons (Fsp3) is 0.348. The molecule has 0 saturated heterocycles. The van der Waals surface area contributed by atoms with Crippen molar-refractivity contribution in [1.82, 2.24) is 14.8 Å². The van der Waals surface area contributed by atoms with Gasteiger partial charge in [-0.25, -0.2) is 0 Å². The number of benzene rings is 2. The number of nitrogens with one attached hydrogen (secondary N) is 1. The van der Waals surface area contributed by atoms with Gasteiger partial charge in [0.05, 0.1) is 19.5 Å². The molecule has 1 atom stereocenters. The van der Waals surface area contributed by atoms with Gasteiger partial charge in [0.15, 0.2) is 22.5 Å². The first-order valence-electron chi connectivity index (χ1n) is 10.2. The van der Waals surface area contributed by atoms with Crippen LogP contribution in [0.5, 0.6) is 11.5 Å². The normalized spacial score (nSPS) is 11.8. The number of methoxy groups -OCH3 is 3. The predicted molar refractivity (Wildman–Crippen MR) is 125 cm³/mol. The van der Waals surface area contributed by atoms with Crippen LogP contribution >= 0.6 is 11.8 Å². The van der Waals surface area contributed by atoms with Crippen LogP contribution in [0.25, 0.3) is 11.4 Å². The van der Waals surface area contributed by atoms with Crippen molar-refractivity contribution in [1.29, 1.82) is 0 Å². The van der Waals surface area contributed by atoms with Gasteiger partial charge in [-0.1, -0.05) is 30.0 Å². The first-order chi connectivity index (χ1) is 15.6. The fourth-order valence-electron chi connectivity index (χ4n) is 3.11. The van der Waals surface area contributed by atoms with Crippen molar-refractivity contribution in [2.24, 2.45) is 0 Å². The van der Waals surface area contributed by atoms with Crippen molar-refractivity contribution in [2.45, 2.75) is 30.3 Å². The molecule has 1 aromatic heterocycles. The molecule has 170 valence electrons. The number of para-hydroxylation sites is 1. The van der Waals surface area contributed by atoms with E-state index in [4.69, 9.17) is 14.2 Å². The number of anilines is 1. The third-order valence-corrected chi connectivity index (χ3v) is 5.86. The molecule has 3 rings (SSSR count). The maximum absolute atomic E-state index is 12.7. The summed E-state index contributed by atoms with van der Waals surface area (Å²) in [6, 6.07) is 15.0. The summed E-state index contributed by atoms with van der Waals surface area (Å²) >= 11 is 1.37. The summed E-state index contributed by atoms with van der Waals surface area (Å²) in [6.45, 7) is 3.12. The van der Waals surface area contributed by atoms with E-state index in [1.165, 1.54) is 11.8 Å². The van der Waals surface area contributed by atoms with E-state index in [-0.39, 0.29) is 11.2 Å². The maximum atomic E-state index is 12.7. The van der Waals surface area contributed by atoms with Gasteiger partial charge in [0.1, 0.15) is 0 Å². The van der Waals surface area contributed by atoms with Crippen LogP contribution < -0.4 is 14.8 Å². The molecule has 0 aliphatic rings. The zero-order valence-corrected chi connectivity index (χ0v) is 19.5. The van der Waals surface area contributed by atoms with Crippen LogP contribution in [0, 0.1) is 0 Å². The van der Waals surface area contributed by atoms with Crippen molar-refractivity contribution < 1.29 is 19.0 Å². The first kappa shape index (κ1) is 23.6. The second-order valence-electron chi connectivity index (χ2n) is 6.99. The van der Waals surface area contributed by atoms with Gasteiger partial charge in [-0.3, -0.25) is 4.79 Å². The molecule has 2 aromatic carbocycles. The largest absolute Gasteiger partial charge is 0.493 e. The van der Waals surface area contributed by atoms with Crippen LogP contribution in [0.4, 0.5) is 5.69 Å². The highest BCUT2D eigenvalue weighted by Gasteiger charge is 2.21. The highest BCUT2D eigenvalue weighted by Crippen LogP contribution is 2.33. The molecule has 0 aliphatic carbocycles. The molecular weight excluding hydrogens is 428 g/mol. The maximum Gasteiger partial charge on any atom is 0.237 e. The van der Waals surface area contributed by atoms with Crippen LogP contribution in [-0.4, -0.2) is 53.9 Å². The summed E-state index contributed by atoms with van der Waals surface area (Å²) in [5, 5.41) is 12.0. The summed E-state index contributed by atoms with van der Waals surface area (Å²) in [5.74, 6) is 1.85. The second-order valence-corrected chi connectivity index (χ2v) is 8.30. The number of carbonyl (C=O) groups is 1. The topological polar surface area (TPSA) is 87.5 Å². The van der Waals surface area contributed by atoms with Crippen LogP contribution in [0.1, 0.15) is 13.3 Å². The molecule has 1 heterocycles. The Balaban J connectivity index is 1.84. The lowest BCUT2D eigenvalue weighted by Crippen LogP contribution is -2.23. The van der Waals surface area contributed by atoms with Crippen LogP contribution in [-0.2, 0) is 16.1 Å². The Hall–Kier alpha value is -3.04. The average Bonchev–Trinajstić information content (AvgIpc) is 3.21. The van der Waals surface area contributed by atoms with Gasteiger partial charge >= 0.3 is 0 Å². The quantitative estimate of drug-likeness (QED) is 0.343. The summed E-state index contributed by atoms with van der Waals surface area (Å²) in [7, 11) is 4.87. The number of thioether (sulfide) groups is 1. The highest BCUT2D eigenvalue weighted by molar-refractivity contribution is 8.00. The fourth-order valence-corrected chi connectivity index (χ4v) is 3.99. The van der Waals surface area contributed by atoms with Crippen LogP contribution in [0.2, 0.25) is 0 Å². The summed E-state index contributed by atoms with van der Waals surface area (Å²) < 4.78 is 18.0. The third kappa shape index (κ3) is 5.80. The number of carbonyl (C=O) groups excluding carboxylic acids is 1. The van der Waals surface area contributed by atoms with Crippen molar-refractivity contribution in [2.75, 3.05) is 33.3 Å². The molecule has 1 amide bonds. The van der Waals surface area contributed by atoms with Crippen molar-refractivity contribution in [3.8, 4) is 22.9 Å². The van der Waals surface area contributed by atoms with Crippen molar-refractivity contribution >= 4 is 23.4 Å². The van der Waals surface area contributed by atoms with Gasteiger partial charge in [0.25, 0.3) is 0 Å². The molecule has 9 heteroatoms. The van der Waals surface area contributed by atoms with Crippen LogP contribution in [0.15, 0.2) is 53.7 Å². The monoisotopic (exact) mass is 456 g/mol. The molecule has 0 saturated carbocycles. The molecule has 0 fully saturated rings. The lowest BCUT2D eigenvalue weighted by atomic mass is 10.2. The highest BCUT2D eigenvalue weighted by atomic mass is 32.2. The van der Waals surface area contributed by atoms with E-state index in [0.29, 0.717) is 35.6 Å². The second kappa shape index (κ2) is 11.5. The van der Waals surface area contributed by atoms with Gasteiger partial charge in [-0.2, -0.15) is 0 Å². The Labute approximate surface area is 192 Å². The molecule has 1 N–H and O–H groups in total. The van der Waals surface area contributed by atoms with Gasteiger partial charge < -0.3 is 24.1 Å². The number of rotatable bonds is 11. The SMILES string of the molecule is COCCCn1c(SC(C)C(=O)Nc2ccccc2)nnc1-c1ccc(OC)c(OC)c1. The molecule has 0 aliphatic heterocycles. The minimum absolute atomic E-state index is 0.0969. The number of hydrogen-bond donors (Lipinski definition) is 1. The Morgan fingerprint density at radius 2 is 1.81 bits per heavy atom. The molecule has 0 bridgehead atoms. The first-order valence-corrected chi connectivity index (χ1v) is 11.1. The number of hydrogen-bond acceptors (Lipinski definition) is 7. The van der Waals surface area contributed by atoms with Crippen LogP contribution in [0.3, 0.4) is 0 Å². The number of ether oxygens (including phenoxy) is 3. The molecule has 0 spiro atoms. The minimum Gasteiger partial charge on any atom is -0.493 e. The Morgan fingerprint density at radius 3 is 2.50 bits per heavy atom. The molecule has 8 nitrogen and oxygen atoms in total. The Kier molecular flexibility index (Phi) is 8.52. The van der Waals surface area contributed by atoms with E-state index in [9.17, 15) is 4.79 Å². The Bertz CT molecular complexity index is 1030. The summed E-state index contributed by atoms with van der Waals surface area (Å²) in [5.41, 5.74) is 1.61. The molecule has 32 heavy (non-hydrogen) atoms. The number of aromatic nitrogens is 3. The van der Waals surface area contributed by atoms with Crippen molar-refractivity contribution in [3.63, 3.8) is 0 Å². The Morgan fingerprint density at radius 1 is 1.06 bits per heavy atom. The molecule has 0 radical (unpaired) electrons. The zero-order valence-electron chi connectivity index (χ0n) is 18.7. The predicted octanol–water partition coefficient (Wildman–Crippen LogP) is 4.12. The van der Waals surface area contributed by atoms with Gasteiger partial charge in [-0.05, 0) is 43.7 Å². The zero-order chi connectivity index (χ0) is 22.9. The van der Waals surface area contributed by atoms with E-state index < -0.39 is 0 Å². The summed E-state index contributed by atoms with van der Waals surface area (Å²) in [4.78, 5) is 12.7. The van der Waals surface area contributed by atoms with Gasteiger partial charge in [0, 0.05) is 31.5 Å². The number of amides is 1.